The minimum absolute atomic E-state index is 0.0666. The van der Waals surface area contributed by atoms with Crippen molar-refractivity contribution in [1.82, 2.24) is 0 Å². The molecule has 0 spiro atoms. The fourth-order valence-corrected chi connectivity index (χ4v) is 3.47. The smallest absolute Gasteiger partial charge is 0.340 e. The number of hydrogen-bond donors (Lipinski definition) is 1. The van der Waals surface area contributed by atoms with E-state index in [1.165, 1.54) is 0 Å². The highest BCUT2D eigenvalue weighted by Gasteiger charge is 2.35. The summed E-state index contributed by atoms with van der Waals surface area (Å²) in [5.74, 6) is -0.470. The van der Waals surface area contributed by atoms with Crippen molar-refractivity contribution >= 4 is 17.6 Å². The Labute approximate surface area is 151 Å². The maximum atomic E-state index is 12.9. The van der Waals surface area contributed by atoms with Crippen LogP contribution in [0.1, 0.15) is 56.1 Å². The maximum absolute atomic E-state index is 12.9. The number of likely N-dealkylation sites (N-methyl/N-ethyl adjacent to an activating group) is 1. The number of carbonyl (C=O) groups is 2. The summed E-state index contributed by atoms with van der Waals surface area (Å²) in [5, 5.41) is 3.00. The van der Waals surface area contributed by atoms with Gasteiger partial charge in [-0.3, -0.25) is 4.79 Å². The molecule has 1 unspecified atom stereocenters. The first-order valence-electron chi connectivity index (χ1n) is 9.21. The second-order valence-corrected chi connectivity index (χ2v) is 6.56. The molecule has 0 aliphatic carbocycles. The lowest BCUT2D eigenvalue weighted by atomic mass is 10.0. The second-order valence-electron chi connectivity index (χ2n) is 6.56. The minimum atomic E-state index is -0.403. The fourth-order valence-electron chi connectivity index (χ4n) is 3.47. The van der Waals surface area contributed by atoms with Gasteiger partial charge in [-0.2, -0.15) is 0 Å². The van der Waals surface area contributed by atoms with E-state index in [0.717, 1.165) is 30.8 Å². The Morgan fingerprint density at radius 1 is 1.08 bits per heavy atom. The van der Waals surface area contributed by atoms with Crippen LogP contribution in [0, 0.1) is 13.8 Å². The van der Waals surface area contributed by atoms with Crippen LogP contribution in [0.15, 0.2) is 12.1 Å². The van der Waals surface area contributed by atoms with E-state index in [1.54, 1.807) is 13.0 Å². The van der Waals surface area contributed by atoms with Gasteiger partial charge < -0.3 is 14.5 Å². The molecule has 0 saturated heterocycles. The first-order valence-corrected chi connectivity index (χ1v) is 9.21. The van der Waals surface area contributed by atoms with Gasteiger partial charge in [0.15, 0.2) is 6.04 Å². The lowest BCUT2D eigenvalue weighted by Gasteiger charge is -2.40. The normalized spacial score (nSPS) is 12.6. The average Bonchev–Trinajstić information content (AvgIpc) is 2.58. The Balaban J connectivity index is 3.21. The van der Waals surface area contributed by atoms with Gasteiger partial charge in [0.1, 0.15) is 0 Å². The van der Waals surface area contributed by atoms with Crippen LogP contribution in [0.2, 0.25) is 0 Å². The predicted octanol–water partition coefficient (Wildman–Crippen LogP) is 3.68. The van der Waals surface area contributed by atoms with Crippen molar-refractivity contribution in [2.45, 2.75) is 54.5 Å². The van der Waals surface area contributed by atoms with Gasteiger partial charge in [0.25, 0.3) is 5.91 Å². The molecule has 0 bridgehead atoms. The minimum Gasteiger partial charge on any atom is -0.462 e. The van der Waals surface area contributed by atoms with Gasteiger partial charge in [-0.25, -0.2) is 4.79 Å². The van der Waals surface area contributed by atoms with Gasteiger partial charge in [0.2, 0.25) is 0 Å². The molecule has 1 atom stereocenters. The third kappa shape index (κ3) is 4.60. The van der Waals surface area contributed by atoms with Gasteiger partial charge in [-0.05, 0) is 65.7 Å². The summed E-state index contributed by atoms with van der Waals surface area (Å²) >= 11 is 0. The molecule has 5 heteroatoms. The monoisotopic (exact) mass is 349 g/mol. The molecular formula is C20H33N2O3+. The van der Waals surface area contributed by atoms with Crippen LogP contribution in [0.4, 0.5) is 5.69 Å². The lowest BCUT2D eigenvalue weighted by molar-refractivity contribution is -0.936. The van der Waals surface area contributed by atoms with Crippen molar-refractivity contribution in [3.8, 4) is 0 Å². The number of anilines is 1. The van der Waals surface area contributed by atoms with Crippen molar-refractivity contribution < 1.29 is 18.8 Å². The van der Waals surface area contributed by atoms with E-state index in [1.807, 2.05) is 26.8 Å². The van der Waals surface area contributed by atoms with Crippen molar-refractivity contribution in [3.63, 3.8) is 0 Å². The molecular weight excluding hydrogens is 316 g/mol. The van der Waals surface area contributed by atoms with Crippen molar-refractivity contribution in [3.05, 3.63) is 28.8 Å². The number of nitrogens with one attached hydrogen (secondary N) is 1. The Kier molecular flexibility index (Phi) is 7.61. The molecule has 0 fully saturated rings. The average molecular weight is 349 g/mol. The third-order valence-electron chi connectivity index (χ3n) is 5.31. The van der Waals surface area contributed by atoms with Crippen LogP contribution in [0.5, 0.6) is 0 Å². The number of carbonyl (C=O) groups excluding carboxylic acids is 2. The number of hydrogen-bond acceptors (Lipinski definition) is 3. The molecule has 1 amide bonds. The van der Waals surface area contributed by atoms with Gasteiger partial charge in [0.05, 0.1) is 37.5 Å². The molecule has 0 aromatic heterocycles. The highest BCUT2D eigenvalue weighted by molar-refractivity contribution is 6.03. The number of benzene rings is 1. The summed E-state index contributed by atoms with van der Waals surface area (Å²) in [5.41, 5.74) is 2.81. The molecule has 0 aliphatic rings. The molecule has 1 aromatic rings. The third-order valence-corrected chi connectivity index (χ3v) is 5.31. The zero-order valence-electron chi connectivity index (χ0n) is 16.7. The van der Waals surface area contributed by atoms with Crippen molar-refractivity contribution in [2.24, 2.45) is 0 Å². The first kappa shape index (κ1) is 21.2. The Hall–Kier alpha value is -1.88. The van der Waals surface area contributed by atoms with E-state index in [0.29, 0.717) is 22.3 Å². The van der Waals surface area contributed by atoms with E-state index in [9.17, 15) is 9.59 Å². The Morgan fingerprint density at radius 2 is 1.64 bits per heavy atom. The summed E-state index contributed by atoms with van der Waals surface area (Å²) in [7, 11) is 0. The number of quaternary nitrogens is 1. The van der Waals surface area contributed by atoms with Crippen LogP contribution in [-0.2, 0) is 9.53 Å². The van der Waals surface area contributed by atoms with Gasteiger partial charge in [-0.1, -0.05) is 6.07 Å². The summed E-state index contributed by atoms with van der Waals surface area (Å²) in [6.07, 6.45) is 0. The maximum Gasteiger partial charge on any atom is 0.340 e. The van der Waals surface area contributed by atoms with Gasteiger partial charge in [0, 0.05) is 0 Å². The van der Waals surface area contributed by atoms with Crippen molar-refractivity contribution in [1.29, 1.82) is 0 Å². The largest absolute Gasteiger partial charge is 0.462 e. The predicted molar refractivity (Wildman–Crippen MR) is 102 cm³/mol. The van der Waals surface area contributed by atoms with Crippen LogP contribution in [-0.4, -0.2) is 48.6 Å². The molecule has 1 N–H and O–H groups in total. The molecule has 5 nitrogen and oxygen atoms in total. The quantitative estimate of drug-likeness (QED) is 0.575. The highest BCUT2D eigenvalue weighted by Crippen LogP contribution is 2.25. The fraction of sp³-hybridized carbons (Fsp3) is 0.600. The molecule has 140 valence electrons. The van der Waals surface area contributed by atoms with Crippen LogP contribution >= 0.6 is 0 Å². The number of ether oxygens (including phenoxy) is 1. The second kappa shape index (κ2) is 8.99. The number of amides is 1. The topological polar surface area (TPSA) is 55.4 Å². The number of esters is 1. The van der Waals surface area contributed by atoms with E-state index in [4.69, 9.17) is 4.74 Å². The Bertz CT molecular complexity index is 613. The molecule has 0 heterocycles. The molecule has 0 saturated carbocycles. The number of aryl methyl sites for hydroxylation is 2. The van der Waals surface area contributed by atoms with Crippen molar-refractivity contribution in [2.75, 3.05) is 31.6 Å². The summed E-state index contributed by atoms with van der Waals surface area (Å²) in [6, 6.07) is 3.54. The molecule has 1 aromatic carbocycles. The van der Waals surface area contributed by atoms with Crippen LogP contribution in [0.3, 0.4) is 0 Å². The SMILES string of the molecule is CCOC(=O)c1cc(C)cc(C)c1NC(=O)C(C)[N+](CC)(CC)CC. The zero-order valence-corrected chi connectivity index (χ0v) is 16.7. The molecule has 1 rings (SSSR count). The number of nitrogens with zero attached hydrogens (tertiary/aromatic N) is 1. The molecule has 0 aliphatic heterocycles. The summed E-state index contributed by atoms with van der Waals surface area (Å²) in [6.45, 7) is 16.9. The lowest BCUT2D eigenvalue weighted by Crippen LogP contribution is -2.58. The van der Waals surface area contributed by atoms with Gasteiger partial charge in [-0.15, -0.1) is 0 Å². The standard InChI is InChI=1S/C20H32N2O3/c1-8-22(9-2,10-3)16(7)19(23)21-18-15(6)12-14(5)13-17(18)20(24)25-11-4/h12-13,16H,8-11H2,1-7H3/p+1. The van der Waals surface area contributed by atoms with E-state index in [-0.39, 0.29) is 11.9 Å². The van der Waals surface area contributed by atoms with E-state index < -0.39 is 5.97 Å². The van der Waals surface area contributed by atoms with Gasteiger partial charge >= 0.3 is 5.97 Å². The summed E-state index contributed by atoms with van der Waals surface area (Å²) in [4.78, 5) is 25.2. The molecule has 0 radical (unpaired) electrons. The van der Waals surface area contributed by atoms with Crippen LogP contribution < -0.4 is 5.32 Å². The summed E-state index contributed by atoms with van der Waals surface area (Å²) < 4.78 is 5.87. The van der Waals surface area contributed by atoms with E-state index >= 15 is 0 Å². The molecule has 25 heavy (non-hydrogen) atoms. The first-order chi connectivity index (χ1) is 11.8. The van der Waals surface area contributed by atoms with Crippen LogP contribution in [0.25, 0.3) is 0 Å². The zero-order chi connectivity index (χ0) is 19.2. The highest BCUT2D eigenvalue weighted by atomic mass is 16.5. The Morgan fingerprint density at radius 3 is 2.12 bits per heavy atom. The number of rotatable bonds is 8. The van der Waals surface area contributed by atoms with E-state index in [2.05, 4.69) is 26.1 Å².